The zero-order valence-electron chi connectivity index (χ0n) is 11.7. The number of aromatic nitrogens is 3. The summed E-state index contributed by atoms with van der Waals surface area (Å²) in [5.41, 5.74) is 1.84. The van der Waals surface area contributed by atoms with Gasteiger partial charge in [0.15, 0.2) is 0 Å². The summed E-state index contributed by atoms with van der Waals surface area (Å²) in [5.74, 6) is 0.718. The summed E-state index contributed by atoms with van der Waals surface area (Å²) in [5, 5.41) is 10.9. The van der Waals surface area contributed by atoms with Gasteiger partial charge in [0, 0.05) is 30.0 Å². The Hall–Kier alpha value is -1.66. The summed E-state index contributed by atoms with van der Waals surface area (Å²) < 4.78 is 18.4. The van der Waals surface area contributed by atoms with Gasteiger partial charge >= 0.3 is 0 Å². The predicted molar refractivity (Wildman–Crippen MR) is 83.2 cm³/mol. The maximum Gasteiger partial charge on any atom is 0.143 e. The minimum atomic E-state index is -0.242. The molecule has 0 aliphatic heterocycles. The number of hydrogen-bond donors (Lipinski definition) is 1. The molecule has 4 nitrogen and oxygen atoms in total. The molecule has 21 heavy (non-hydrogen) atoms. The van der Waals surface area contributed by atoms with Gasteiger partial charge < -0.3 is 9.72 Å². The van der Waals surface area contributed by atoms with E-state index in [0.29, 0.717) is 0 Å². The summed E-state index contributed by atoms with van der Waals surface area (Å²) in [6.45, 7) is 0.780. The summed E-state index contributed by atoms with van der Waals surface area (Å²) in [7, 11) is 1.71. The quantitative estimate of drug-likeness (QED) is 0.556. The van der Waals surface area contributed by atoms with E-state index in [4.69, 9.17) is 4.74 Å². The van der Waals surface area contributed by atoms with Crippen LogP contribution in [0.1, 0.15) is 12.8 Å². The summed E-state index contributed by atoms with van der Waals surface area (Å²) in [6, 6.07) is 4.73. The largest absolute Gasteiger partial charge is 0.385 e. The lowest BCUT2D eigenvalue weighted by atomic mass is 10.2. The second kappa shape index (κ2) is 6.41. The summed E-state index contributed by atoms with van der Waals surface area (Å²) in [4.78, 5) is 3.31. The fourth-order valence-corrected chi connectivity index (χ4v) is 3.25. The first kappa shape index (κ1) is 14.3. The molecule has 0 bridgehead atoms. The maximum atomic E-state index is 13.4. The Morgan fingerprint density at radius 3 is 3.05 bits per heavy atom. The number of fused-ring (bicyclic) bond motifs is 3. The van der Waals surface area contributed by atoms with Crippen LogP contribution in [0.25, 0.3) is 21.8 Å². The van der Waals surface area contributed by atoms with Crippen molar-refractivity contribution >= 4 is 33.6 Å². The first-order chi connectivity index (χ1) is 10.3. The highest BCUT2D eigenvalue weighted by molar-refractivity contribution is 7.99. The van der Waals surface area contributed by atoms with Crippen molar-refractivity contribution < 1.29 is 9.13 Å². The van der Waals surface area contributed by atoms with E-state index >= 15 is 0 Å². The molecule has 2 heterocycles. The van der Waals surface area contributed by atoms with Gasteiger partial charge in [0.25, 0.3) is 0 Å². The molecular weight excluding hydrogens is 289 g/mol. The van der Waals surface area contributed by atoms with Crippen LogP contribution in [-0.2, 0) is 4.74 Å². The summed E-state index contributed by atoms with van der Waals surface area (Å²) >= 11 is 1.67. The number of rotatable bonds is 6. The number of H-pyrrole nitrogens is 1. The molecule has 0 aliphatic carbocycles. The van der Waals surface area contributed by atoms with Crippen LogP contribution in [0.3, 0.4) is 0 Å². The van der Waals surface area contributed by atoms with Crippen LogP contribution in [0.2, 0.25) is 0 Å². The third kappa shape index (κ3) is 3.01. The smallest absolute Gasteiger partial charge is 0.143 e. The molecule has 0 fully saturated rings. The molecule has 0 aliphatic rings. The van der Waals surface area contributed by atoms with Gasteiger partial charge in [-0.3, -0.25) is 0 Å². The van der Waals surface area contributed by atoms with Crippen molar-refractivity contribution in [1.82, 2.24) is 15.2 Å². The van der Waals surface area contributed by atoms with E-state index in [1.165, 1.54) is 12.1 Å². The molecule has 110 valence electrons. The van der Waals surface area contributed by atoms with E-state index in [1.807, 2.05) is 0 Å². The third-order valence-electron chi connectivity index (χ3n) is 3.33. The highest BCUT2D eigenvalue weighted by Gasteiger charge is 2.11. The van der Waals surface area contributed by atoms with E-state index in [2.05, 4.69) is 15.2 Å². The van der Waals surface area contributed by atoms with E-state index in [9.17, 15) is 4.39 Å². The van der Waals surface area contributed by atoms with Gasteiger partial charge in [-0.15, -0.1) is 16.9 Å². The molecule has 6 heteroatoms. The highest BCUT2D eigenvalue weighted by Crippen LogP contribution is 2.31. The number of unbranched alkanes of at least 4 members (excludes halogenated alkanes) is 1. The number of benzene rings is 1. The molecule has 2 aromatic heterocycles. The standard InChI is InChI=1S/C15H16FN3OS/c1-20-6-2-3-7-21-15-14-12(9-17-19-15)11-8-10(16)4-5-13(11)18-14/h4-5,8-9,18H,2-3,6-7H2,1H3. The number of nitrogens with zero attached hydrogens (tertiary/aromatic N) is 2. The van der Waals surface area contributed by atoms with Gasteiger partial charge in [0.2, 0.25) is 0 Å². The van der Waals surface area contributed by atoms with Gasteiger partial charge in [-0.05, 0) is 36.8 Å². The Balaban J connectivity index is 1.87. The number of ether oxygens (including phenoxy) is 1. The maximum absolute atomic E-state index is 13.4. The molecule has 0 unspecified atom stereocenters. The Kier molecular flexibility index (Phi) is 4.36. The van der Waals surface area contributed by atoms with Crippen LogP contribution in [0.4, 0.5) is 4.39 Å². The fraction of sp³-hybridized carbons (Fsp3) is 0.333. The van der Waals surface area contributed by atoms with E-state index in [-0.39, 0.29) is 5.82 Å². The van der Waals surface area contributed by atoms with Crippen LogP contribution in [-0.4, -0.2) is 34.7 Å². The van der Waals surface area contributed by atoms with Gasteiger partial charge in [-0.2, -0.15) is 5.10 Å². The van der Waals surface area contributed by atoms with Crippen molar-refractivity contribution in [2.24, 2.45) is 0 Å². The predicted octanol–water partition coefficient (Wildman–Crippen LogP) is 3.77. The minimum Gasteiger partial charge on any atom is -0.385 e. The van der Waals surface area contributed by atoms with Gasteiger partial charge in [-0.1, -0.05) is 0 Å². The molecule has 0 saturated heterocycles. The lowest BCUT2D eigenvalue weighted by molar-refractivity contribution is 0.194. The molecule has 1 aromatic carbocycles. The zero-order valence-corrected chi connectivity index (χ0v) is 12.5. The molecule has 0 atom stereocenters. The van der Waals surface area contributed by atoms with Crippen LogP contribution in [0.15, 0.2) is 29.4 Å². The number of methoxy groups -OCH3 is 1. The average molecular weight is 305 g/mol. The van der Waals surface area contributed by atoms with E-state index in [0.717, 1.165) is 52.0 Å². The van der Waals surface area contributed by atoms with Crippen molar-refractivity contribution in [2.75, 3.05) is 19.5 Å². The molecule has 1 N–H and O–H groups in total. The fourth-order valence-electron chi connectivity index (χ4n) is 2.30. The zero-order chi connectivity index (χ0) is 14.7. The number of aromatic amines is 1. The molecule has 0 spiro atoms. The van der Waals surface area contributed by atoms with E-state index < -0.39 is 0 Å². The van der Waals surface area contributed by atoms with Gasteiger partial charge in [0.05, 0.1) is 11.7 Å². The van der Waals surface area contributed by atoms with Crippen molar-refractivity contribution in [2.45, 2.75) is 17.9 Å². The van der Waals surface area contributed by atoms with E-state index in [1.54, 1.807) is 31.1 Å². The highest BCUT2D eigenvalue weighted by atomic mass is 32.2. The third-order valence-corrected chi connectivity index (χ3v) is 4.38. The Bertz CT molecular complexity index is 759. The molecule has 3 rings (SSSR count). The summed E-state index contributed by atoms with van der Waals surface area (Å²) in [6.07, 6.45) is 3.78. The normalized spacial score (nSPS) is 11.5. The first-order valence-corrected chi connectivity index (χ1v) is 7.82. The number of thioether (sulfide) groups is 1. The van der Waals surface area contributed by atoms with Crippen molar-refractivity contribution in [3.63, 3.8) is 0 Å². The number of nitrogens with one attached hydrogen (secondary N) is 1. The monoisotopic (exact) mass is 305 g/mol. The SMILES string of the molecule is COCCCCSc1nncc2c1[nH]c1ccc(F)cc12. The van der Waals surface area contributed by atoms with Gasteiger partial charge in [-0.25, -0.2) is 4.39 Å². The lowest BCUT2D eigenvalue weighted by Crippen LogP contribution is -1.91. The second-order valence-corrected chi connectivity index (χ2v) is 5.89. The topological polar surface area (TPSA) is 50.8 Å². The van der Waals surface area contributed by atoms with Crippen LogP contribution in [0, 0.1) is 5.82 Å². The van der Waals surface area contributed by atoms with Crippen LogP contribution >= 0.6 is 11.8 Å². The van der Waals surface area contributed by atoms with Crippen LogP contribution < -0.4 is 0 Å². The first-order valence-electron chi connectivity index (χ1n) is 6.84. The molecule has 0 radical (unpaired) electrons. The molecular formula is C15H16FN3OS. The average Bonchev–Trinajstić information content (AvgIpc) is 2.86. The molecule has 0 saturated carbocycles. The van der Waals surface area contributed by atoms with Crippen molar-refractivity contribution in [1.29, 1.82) is 0 Å². The Morgan fingerprint density at radius 1 is 1.29 bits per heavy atom. The van der Waals surface area contributed by atoms with Gasteiger partial charge in [0.1, 0.15) is 10.8 Å². The van der Waals surface area contributed by atoms with Crippen LogP contribution in [0.5, 0.6) is 0 Å². The van der Waals surface area contributed by atoms with Crippen molar-refractivity contribution in [3.8, 4) is 0 Å². The Morgan fingerprint density at radius 2 is 2.19 bits per heavy atom. The molecule has 3 aromatic rings. The lowest BCUT2D eigenvalue weighted by Gasteiger charge is -2.01. The number of hydrogen-bond acceptors (Lipinski definition) is 4. The minimum absolute atomic E-state index is 0.242. The number of halogens is 1. The Labute approximate surface area is 126 Å². The molecule has 0 amide bonds. The van der Waals surface area contributed by atoms with Crippen molar-refractivity contribution in [3.05, 3.63) is 30.2 Å². The second-order valence-electron chi connectivity index (χ2n) is 4.80.